The van der Waals surface area contributed by atoms with Crippen LogP contribution in [0.5, 0.6) is 5.75 Å². The highest BCUT2D eigenvalue weighted by Gasteiger charge is 2.16. The van der Waals surface area contributed by atoms with E-state index in [1.165, 1.54) is 18.2 Å². The van der Waals surface area contributed by atoms with E-state index in [9.17, 15) is 13.6 Å². The second-order valence-corrected chi connectivity index (χ2v) is 5.22. The zero-order chi connectivity index (χ0) is 16.8. The van der Waals surface area contributed by atoms with E-state index in [0.717, 1.165) is 5.56 Å². The Bertz CT molecular complexity index is 675. The molecule has 0 fully saturated rings. The zero-order valence-corrected chi connectivity index (χ0v) is 12.9. The van der Waals surface area contributed by atoms with Crippen molar-refractivity contribution >= 4 is 11.6 Å². The summed E-state index contributed by atoms with van der Waals surface area (Å²) in [6.07, 6.45) is 0. The first-order valence-electron chi connectivity index (χ1n) is 7.05. The molecule has 0 atom stereocenters. The molecule has 1 N–H and O–H groups in total. The molecular weight excluding hydrogens is 302 g/mol. The number of carbonyl (C=O) groups is 1. The van der Waals surface area contributed by atoms with Gasteiger partial charge < -0.3 is 15.0 Å². The van der Waals surface area contributed by atoms with Gasteiger partial charge in [0.25, 0.3) is 5.91 Å². The number of amides is 1. The fourth-order valence-corrected chi connectivity index (χ4v) is 2.16. The van der Waals surface area contributed by atoms with Gasteiger partial charge in [0.05, 0.1) is 5.56 Å². The van der Waals surface area contributed by atoms with E-state index in [2.05, 4.69) is 10.1 Å². The molecule has 0 radical (unpaired) electrons. The van der Waals surface area contributed by atoms with Gasteiger partial charge in [-0.05, 0) is 37.9 Å². The normalized spacial score (nSPS) is 10.9. The summed E-state index contributed by atoms with van der Waals surface area (Å²) >= 11 is 0. The molecular formula is C17H18F2N2O2. The van der Waals surface area contributed by atoms with Crippen LogP contribution in [0.25, 0.3) is 0 Å². The number of para-hydroxylation sites is 2. The summed E-state index contributed by atoms with van der Waals surface area (Å²) in [5.41, 5.74) is 1.63. The molecule has 0 spiro atoms. The first-order chi connectivity index (χ1) is 11.0. The predicted octanol–water partition coefficient (Wildman–Crippen LogP) is 3.60. The van der Waals surface area contributed by atoms with Gasteiger partial charge >= 0.3 is 6.61 Å². The Labute approximate surface area is 133 Å². The van der Waals surface area contributed by atoms with Crippen LogP contribution < -0.4 is 10.1 Å². The summed E-state index contributed by atoms with van der Waals surface area (Å²) in [5.74, 6) is -0.641. The molecule has 4 nitrogen and oxygen atoms in total. The van der Waals surface area contributed by atoms with Gasteiger partial charge in [0, 0.05) is 12.2 Å². The maximum absolute atomic E-state index is 12.4. The third-order valence-electron chi connectivity index (χ3n) is 3.10. The van der Waals surface area contributed by atoms with Gasteiger partial charge in [0.2, 0.25) is 0 Å². The Balaban J connectivity index is 2.23. The van der Waals surface area contributed by atoms with Crippen molar-refractivity contribution in [3.05, 3.63) is 59.7 Å². The fraction of sp³-hybridized carbons (Fsp3) is 0.235. The predicted molar refractivity (Wildman–Crippen MR) is 84.9 cm³/mol. The van der Waals surface area contributed by atoms with Crippen molar-refractivity contribution in [3.8, 4) is 5.75 Å². The SMILES string of the molecule is CN(C)Cc1ccccc1NC(=O)c1ccccc1OC(F)F. The Morgan fingerprint density at radius 2 is 1.78 bits per heavy atom. The van der Waals surface area contributed by atoms with Gasteiger partial charge in [-0.2, -0.15) is 8.78 Å². The highest BCUT2D eigenvalue weighted by Crippen LogP contribution is 2.23. The van der Waals surface area contributed by atoms with Gasteiger partial charge in [-0.1, -0.05) is 30.3 Å². The van der Waals surface area contributed by atoms with Crippen LogP contribution >= 0.6 is 0 Å². The number of ether oxygens (including phenoxy) is 1. The maximum Gasteiger partial charge on any atom is 0.387 e. The minimum Gasteiger partial charge on any atom is -0.434 e. The number of anilines is 1. The van der Waals surface area contributed by atoms with Crippen LogP contribution in [0, 0.1) is 0 Å². The van der Waals surface area contributed by atoms with Crippen molar-refractivity contribution in [3.63, 3.8) is 0 Å². The van der Waals surface area contributed by atoms with Gasteiger partial charge in [0.1, 0.15) is 5.75 Å². The molecule has 1 amide bonds. The van der Waals surface area contributed by atoms with E-state index in [0.29, 0.717) is 12.2 Å². The average Bonchev–Trinajstić information content (AvgIpc) is 2.48. The van der Waals surface area contributed by atoms with Crippen molar-refractivity contribution in [2.75, 3.05) is 19.4 Å². The Morgan fingerprint density at radius 3 is 2.48 bits per heavy atom. The standard InChI is InChI=1S/C17H18F2N2O2/c1-21(2)11-12-7-3-5-9-14(12)20-16(22)13-8-4-6-10-15(13)23-17(18)19/h3-10,17H,11H2,1-2H3,(H,20,22). The summed E-state index contributed by atoms with van der Waals surface area (Å²) in [4.78, 5) is 14.4. The van der Waals surface area contributed by atoms with Crippen LogP contribution in [-0.4, -0.2) is 31.5 Å². The van der Waals surface area contributed by atoms with Crippen LogP contribution in [0.3, 0.4) is 0 Å². The summed E-state index contributed by atoms with van der Waals surface area (Å²) < 4.78 is 29.3. The molecule has 0 unspecified atom stereocenters. The Kier molecular flexibility index (Phi) is 5.65. The summed E-state index contributed by atoms with van der Waals surface area (Å²) in [5, 5.41) is 2.76. The molecule has 0 heterocycles. The van der Waals surface area contributed by atoms with Crippen LogP contribution in [0.2, 0.25) is 0 Å². The molecule has 0 aliphatic carbocycles. The Hall–Kier alpha value is -2.47. The molecule has 0 saturated carbocycles. The Morgan fingerprint density at radius 1 is 1.13 bits per heavy atom. The molecule has 2 aromatic rings. The molecule has 0 aromatic heterocycles. The topological polar surface area (TPSA) is 41.6 Å². The molecule has 2 rings (SSSR count). The third kappa shape index (κ3) is 4.75. The van der Waals surface area contributed by atoms with Crippen molar-refractivity contribution in [1.29, 1.82) is 0 Å². The molecule has 122 valence electrons. The summed E-state index contributed by atoms with van der Waals surface area (Å²) in [6, 6.07) is 13.3. The van der Waals surface area contributed by atoms with E-state index in [-0.39, 0.29) is 11.3 Å². The van der Waals surface area contributed by atoms with Crippen molar-refractivity contribution in [1.82, 2.24) is 4.90 Å². The van der Waals surface area contributed by atoms with E-state index >= 15 is 0 Å². The van der Waals surface area contributed by atoms with Crippen LogP contribution in [0.15, 0.2) is 48.5 Å². The third-order valence-corrected chi connectivity index (χ3v) is 3.10. The lowest BCUT2D eigenvalue weighted by molar-refractivity contribution is -0.0501. The molecule has 23 heavy (non-hydrogen) atoms. The second kappa shape index (κ2) is 7.69. The lowest BCUT2D eigenvalue weighted by Crippen LogP contribution is -2.18. The maximum atomic E-state index is 12.4. The number of benzene rings is 2. The lowest BCUT2D eigenvalue weighted by atomic mass is 10.1. The number of hydrogen-bond acceptors (Lipinski definition) is 3. The first-order valence-corrected chi connectivity index (χ1v) is 7.05. The smallest absolute Gasteiger partial charge is 0.387 e. The van der Waals surface area contributed by atoms with Gasteiger partial charge in [-0.15, -0.1) is 0 Å². The highest BCUT2D eigenvalue weighted by molar-refractivity contribution is 6.06. The molecule has 0 saturated heterocycles. The quantitative estimate of drug-likeness (QED) is 0.884. The van der Waals surface area contributed by atoms with Gasteiger partial charge in [-0.3, -0.25) is 4.79 Å². The van der Waals surface area contributed by atoms with Crippen LogP contribution in [0.4, 0.5) is 14.5 Å². The molecule has 6 heteroatoms. The van der Waals surface area contributed by atoms with Crippen molar-refractivity contribution in [2.24, 2.45) is 0 Å². The largest absolute Gasteiger partial charge is 0.434 e. The molecule has 0 bridgehead atoms. The fourth-order valence-electron chi connectivity index (χ4n) is 2.16. The van der Waals surface area contributed by atoms with Gasteiger partial charge in [-0.25, -0.2) is 0 Å². The van der Waals surface area contributed by atoms with E-state index < -0.39 is 12.5 Å². The first kappa shape index (κ1) is 16.9. The number of nitrogens with zero attached hydrogens (tertiary/aromatic N) is 1. The second-order valence-electron chi connectivity index (χ2n) is 5.22. The molecule has 0 aliphatic heterocycles. The van der Waals surface area contributed by atoms with Crippen molar-refractivity contribution in [2.45, 2.75) is 13.2 Å². The van der Waals surface area contributed by atoms with E-state index in [4.69, 9.17) is 0 Å². The minimum atomic E-state index is -2.98. The van der Waals surface area contributed by atoms with Crippen LogP contribution in [0.1, 0.15) is 15.9 Å². The summed E-state index contributed by atoms with van der Waals surface area (Å²) in [7, 11) is 3.84. The van der Waals surface area contributed by atoms with Gasteiger partial charge in [0.15, 0.2) is 0 Å². The van der Waals surface area contributed by atoms with E-state index in [1.807, 2.05) is 31.1 Å². The van der Waals surface area contributed by atoms with Crippen molar-refractivity contribution < 1.29 is 18.3 Å². The average molecular weight is 320 g/mol. The summed E-state index contributed by atoms with van der Waals surface area (Å²) in [6.45, 7) is -2.34. The highest BCUT2D eigenvalue weighted by atomic mass is 19.3. The number of hydrogen-bond donors (Lipinski definition) is 1. The monoisotopic (exact) mass is 320 g/mol. The number of halogens is 2. The lowest BCUT2D eigenvalue weighted by Gasteiger charge is -2.16. The molecule has 0 aliphatic rings. The minimum absolute atomic E-state index is 0.0625. The number of alkyl halides is 2. The number of carbonyl (C=O) groups excluding carboxylic acids is 1. The van der Waals surface area contributed by atoms with E-state index in [1.54, 1.807) is 18.2 Å². The molecule has 2 aromatic carbocycles. The number of rotatable bonds is 6. The van der Waals surface area contributed by atoms with Crippen LogP contribution in [-0.2, 0) is 6.54 Å². The number of nitrogens with one attached hydrogen (secondary N) is 1. The zero-order valence-electron chi connectivity index (χ0n) is 12.9.